The summed E-state index contributed by atoms with van der Waals surface area (Å²) in [6.07, 6.45) is 2.91. The van der Waals surface area contributed by atoms with Gasteiger partial charge in [0.15, 0.2) is 0 Å². The Kier molecular flexibility index (Phi) is 8.72. The number of H-pyrrole nitrogens is 1. The topological polar surface area (TPSA) is 200 Å². The molecule has 0 saturated heterocycles. The van der Waals surface area contributed by atoms with Crippen LogP contribution in [0.3, 0.4) is 0 Å². The van der Waals surface area contributed by atoms with Crippen molar-refractivity contribution in [2.24, 2.45) is 5.73 Å². The van der Waals surface area contributed by atoms with E-state index >= 15 is 0 Å². The number of phenolic OH excluding ortho intramolecular Hbond substituents is 1. The number of amides is 3. The molecular weight excluding hydrogens is 420 g/mol. The number of carboxylic acids is 1. The number of aromatic nitrogens is 2. The zero-order chi connectivity index (χ0) is 23.7. The largest absolute Gasteiger partial charge is 0.508 e. The lowest BCUT2D eigenvalue weighted by atomic mass is 10.0. The second-order valence-electron chi connectivity index (χ2n) is 7.11. The highest BCUT2D eigenvalue weighted by Crippen LogP contribution is 2.11. The first-order valence-corrected chi connectivity index (χ1v) is 9.77. The molecule has 32 heavy (non-hydrogen) atoms. The Balaban J connectivity index is 2.02. The molecule has 3 atom stereocenters. The van der Waals surface area contributed by atoms with Gasteiger partial charge in [0.1, 0.15) is 23.9 Å². The number of nitrogens with zero attached hydrogens (tertiary/aromatic N) is 1. The Morgan fingerprint density at radius 1 is 1.03 bits per heavy atom. The molecule has 0 spiro atoms. The van der Waals surface area contributed by atoms with Crippen LogP contribution in [0.4, 0.5) is 0 Å². The summed E-state index contributed by atoms with van der Waals surface area (Å²) >= 11 is 0. The van der Waals surface area contributed by atoms with Crippen LogP contribution in [0.5, 0.6) is 5.75 Å². The summed E-state index contributed by atoms with van der Waals surface area (Å²) in [7, 11) is 0. The number of phenols is 1. The van der Waals surface area contributed by atoms with E-state index in [9.17, 15) is 29.4 Å². The molecule has 1 aromatic carbocycles. The number of imidazole rings is 1. The monoisotopic (exact) mass is 446 g/mol. The molecule has 172 valence electrons. The van der Waals surface area contributed by atoms with Gasteiger partial charge in [-0.1, -0.05) is 12.1 Å². The second-order valence-corrected chi connectivity index (χ2v) is 7.11. The molecule has 3 amide bonds. The minimum Gasteiger partial charge on any atom is -0.508 e. The van der Waals surface area contributed by atoms with E-state index in [1.54, 1.807) is 12.1 Å². The van der Waals surface area contributed by atoms with E-state index in [0.717, 1.165) is 0 Å². The number of hydrogen-bond acceptors (Lipinski definition) is 7. The lowest BCUT2D eigenvalue weighted by Crippen LogP contribution is -2.56. The van der Waals surface area contributed by atoms with Crippen molar-refractivity contribution in [1.82, 2.24) is 25.9 Å². The number of nitrogens with two attached hydrogens (primary N) is 1. The highest BCUT2D eigenvalue weighted by molar-refractivity contribution is 5.93. The maximum Gasteiger partial charge on any atom is 0.326 e. The Bertz CT molecular complexity index is 931. The number of benzene rings is 1. The maximum absolute atomic E-state index is 12.7. The van der Waals surface area contributed by atoms with Crippen molar-refractivity contribution in [3.63, 3.8) is 0 Å². The van der Waals surface area contributed by atoms with Crippen LogP contribution >= 0.6 is 0 Å². The zero-order valence-corrected chi connectivity index (χ0v) is 17.4. The van der Waals surface area contributed by atoms with Crippen LogP contribution in [-0.2, 0) is 32.0 Å². The minimum absolute atomic E-state index is 0.0161. The number of aromatic amines is 1. The first-order chi connectivity index (χ1) is 15.2. The molecule has 1 aromatic heterocycles. The van der Waals surface area contributed by atoms with E-state index < -0.39 is 41.8 Å². The number of rotatable bonds is 11. The molecule has 1 heterocycles. The summed E-state index contributed by atoms with van der Waals surface area (Å²) in [5.41, 5.74) is 6.49. The molecule has 12 heteroatoms. The molecule has 0 radical (unpaired) electrons. The third kappa shape index (κ3) is 7.40. The lowest BCUT2D eigenvalue weighted by Gasteiger charge is -2.22. The van der Waals surface area contributed by atoms with Crippen LogP contribution in [0.1, 0.15) is 18.2 Å². The van der Waals surface area contributed by atoms with E-state index in [2.05, 4.69) is 25.9 Å². The summed E-state index contributed by atoms with van der Waals surface area (Å²) in [5, 5.41) is 26.1. The highest BCUT2D eigenvalue weighted by atomic mass is 16.4. The van der Waals surface area contributed by atoms with Gasteiger partial charge in [-0.25, -0.2) is 9.78 Å². The fraction of sp³-hybridized carbons (Fsp3) is 0.350. The predicted molar refractivity (Wildman–Crippen MR) is 112 cm³/mol. The number of aromatic hydroxyl groups is 1. The highest BCUT2D eigenvalue weighted by Gasteiger charge is 2.27. The van der Waals surface area contributed by atoms with Crippen LogP contribution < -0.4 is 21.7 Å². The van der Waals surface area contributed by atoms with E-state index in [1.807, 2.05) is 0 Å². The van der Waals surface area contributed by atoms with E-state index in [4.69, 9.17) is 5.73 Å². The van der Waals surface area contributed by atoms with Gasteiger partial charge >= 0.3 is 5.97 Å². The minimum atomic E-state index is -1.24. The average molecular weight is 446 g/mol. The first kappa shape index (κ1) is 24.3. The Morgan fingerprint density at radius 3 is 2.28 bits per heavy atom. The smallest absolute Gasteiger partial charge is 0.326 e. The number of carboxylic acid groups (broad SMARTS) is 1. The number of nitrogens with one attached hydrogen (secondary N) is 4. The van der Waals surface area contributed by atoms with E-state index in [-0.39, 0.29) is 25.1 Å². The van der Waals surface area contributed by atoms with Crippen molar-refractivity contribution >= 4 is 23.7 Å². The first-order valence-electron chi connectivity index (χ1n) is 9.77. The van der Waals surface area contributed by atoms with Gasteiger partial charge in [-0.2, -0.15) is 0 Å². The second kappa shape index (κ2) is 11.5. The third-order valence-electron chi connectivity index (χ3n) is 4.56. The number of aliphatic carboxylic acids is 1. The Morgan fingerprint density at radius 2 is 1.72 bits per heavy atom. The maximum atomic E-state index is 12.7. The van der Waals surface area contributed by atoms with Gasteiger partial charge in [-0.15, -0.1) is 0 Å². The van der Waals surface area contributed by atoms with Crippen molar-refractivity contribution < 1.29 is 29.4 Å². The van der Waals surface area contributed by atoms with Crippen LogP contribution in [0.25, 0.3) is 0 Å². The molecule has 3 unspecified atom stereocenters. The molecule has 2 rings (SSSR count). The molecule has 2 aromatic rings. The molecule has 8 N–H and O–H groups in total. The van der Waals surface area contributed by atoms with E-state index in [1.165, 1.54) is 31.6 Å². The van der Waals surface area contributed by atoms with Crippen LogP contribution in [0.2, 0.25) is 0 Å². The summed E-state index contributed by atoms with van der Waals surface area (Å²) in [4.78, 5) is 55.0. The van der Waals surface area contributed by atoms with Gasteiger partial charge in [-0.3, -0.25) is 14.4 Å². The summed E-state index contributed by atoms with van der Waals surface area (Å²) in [6, 6.07) is 2.72. The molecule has 0 aliphatic heterocycles. The number of hydrogen-bond donors (Lipinski definition) is 7. The van der Waals surface area contributed by atoms with Gasteiger partial charge in [0.05, 0.1) is 12.9 Å². The summed E-state index contributed by atoms with van der Waals surface area (Å²) < 4.78 is 0. The average Bonchev–Trinajstić information content (AvgIpc) is 3.27. The van der Waals surface area contributed by atoms with Crippen molar-refractivity contribution in [2.75, 3.05) is 6.54 Å². The summed E-state index contributed by atoms with van der Waals surface area (Å²) in [5.74, 6) is -3.12. The molecule has 0 saturated carbocycles. The van der Waals surface area contributed by atoms with Crippen molar-refractivity contribution in [1.29, 1.82) is 0 Å². The number of carbonyl (C=O) groups is 4. The SMILES string of the molecule is CC(NC(=O)C(Cc1ccc(O)cc1)NC(=O)CN)C(=O)NC(Cc1cnc[nH]1)C(=O)O. The fourth-order valence-electron chi connectivity index (χ4n) is 2.82. The third-order valence-corrected chi connectivity index (χ3v) is 4.56. The quantitative estimate of drug-likeness (QED) is 0.214. The zero-order valence-electron chi connectivity index (χ0n) is 17.4. The van der Waals surface area contributed by atoms with Crippen molar-refractivity contribution in [3.8, 4) is 5.75 Å². The van der Waals surface area contributed by atoms with Crippen molar-refractivity contribution in [2.45, 2.75) is 37.9 Å². The van der Waals surface area contributed by atoms with Crippen LogP contribution in [0.15, 0.2) is 36.8 Å². The molecule has 0 fully saturated rings. The van der Waals surface area contributed by atoms with E-state index in [0.29, 0.717) is 11.3 Å². The molecule has 12 nitrogen and oxygen atoms in total. The molecular formula is C20H26N6O6. The molecule has 0 aliphatic carbocycles. The lowest BCUT2D eigenvalue weighted by molar-refractivity contribution is -0.142. The molecule has 0 bridgehead atoms. The fourth-order valence-corrected chi connectivity index (χ4v) is 2.82. The van der Waals surface area contributed by atoms with Gasteiger partial charge in [-0.05, 0) is 24.6 Å². The Hall–Kier alpha value is -3.93. The van der Waals surface area contributed by atoms with Gasteiger partial charge in [0.25, 0.3) is 0 Å². The standard InChI is InChI=1S/C20H26N6O6/c1-11(18(29)26-16(20(31)32)7-13-9-22-10-23-13)24-19(30)15(25-17(28)8-21)6-12-2-4-14(27)5-3-12/h2-5,9-11,15-16,27H,6-8,21H2,1H3,(H,22,23)(H,24,30)(H,25,28)(H,26,29)(H,31,32). The van der Waals surface area contributed by atoms with Crippen LogP contribution in [0, 0.1) is 0 Å². The molecule has 0 aliphatic rings. The van der Waals surface area contributed by atoms with Crippen LogP contribution in [-0.4, -0.2) is 68.5 Å². The summed E-state index contributed by atoms with van der Waals surface area (Å²) in [6.45, 7) is 1.06. The Labute approximate surface area is 183 Å². The predicted octanol–water partition coefficient (Wildman–Crippen LogP) is -1.58. The van der Waals surface area contributed by atoms with Gasteiger partial charge < -0.3 is 36.9 Å². The number of carbonyl (C=O) groups excluding carboxylic acids is 3. The van der Waals surface area contributed by atoms with Gasteiger partial charge in [0.2, 0.25) is 17.7 Å². The normalized spacial score (nSPS) is 13.4. The van der Waals surface area contributed by atoms with Gasteiger partial charge in [0, 0.05) is 24.7 Å². The van der Waals surface area contributed by atoms with Crippen molar-refractivity contribution in [3.05, 3.63) is 48.0 Å².